The first kappa shape index (κ1) is 18.7. The van der Waals surface area contributed by atoms with Gasteiger partial charge in [0.05, 0.1) is 6.61 Å². The standard InChI is InChI=1S/C19H31N5O2/c1-3-26-19(25)24-12-10-23(11-13-24)18-20-15(2)14-17(22-18)21-16-8-6-4-5-7-9-16/h14,16H,3-13H2,1-2H3,(H,20,21,22). The van der Waals surface area contributed by atoms with Crippen molar-refractivity contribution in [3.8, 4) is 0 Å². The SMILES string of the molecule is CCOC(=O)N1CCN(c2nc(C)cc(NC3CCCCCC3)n2)CC1. The average molecular weight is 361 g/mol. The van der Waals surface area contributed by atoms with Gasteiger partial charge in [-0.3, -0.25) is 0 Å². The molecule has 0 radical (unpaired) electrons. The van der Waals surface area contributed by atoms with E-state index in [4.69, 9.17) is 9.72 Å². The van der Waals surface area contributed by atoms with Crippen molar-refractivity contribution in [3.05, 3.63) is 11.8 Å². The quantitative estimate of drug-likeness (QED) is 0.831. The number of ether oxygens (including phenoxy) is 1. The highest BCUT2D eigenvalue weighted by Gasteiger charge is 2.24. The van der Waals surface area contributed by atoms with Crippen molar-refractivity contribution in [1.29, 1.82) is 0 Å². The predicted molar refractivity (Wildman–Crippen MR) is 103 cm³/mol. The molecule has 7 nitrogen and oxygen atoms in total. The average Bonchev–Trinajstić information content (AvgIpc) is 2.90. The van der Waals surface area contributed by atoms with Crippen LogP contribution in [-0.2, 0) is 4.74 Å². The van der Waals surface area contributed by atoms with Crippen LogP contribution in [0.1, 0.15) is 51.1 Å². The van der Waals surface area contributed by atoms with Gasteiger partial charge in [0.15, 0.2) is 0 Å². The Balaban J connectivity index is 1.61. The fraction of sp³-hybridized carbons (Fsp3) is 0.737. The monoisotopic (exact) mass is 361 g/mol. The highest BCUT2D eigenvalue weighted by molar-refractivity contribution is 5.68. The Morgan fingerprint density at radius 1 is 1.15 bits per heavy atom. The Labute approximate surface area is 156 Å². The summed E-state index contributed by atoms with van der Waals surface area (Å²) < 4.78 is 5.08. The number of anilines is 2. The molecule has 2 fully saturated rings. The van der Waals surface area contributed by atoms with Crippen LogP contribution in [0, 0.1) is 6.92 Å². The molecule has 7 heteroatoms. The summed E-state index contributed by atoms with van der Waals surface area (Å²) in [5.41, 5.74) is 0.971. The van der Waals surface area contributed by atoms with Crippen LogP contribution in [-0.4, -0.2) is 59.8 Å². The van der Waals surface area contributed by atoms with Gasteiger partial charge in [-0.2, -0.15) is 4.98 Å². The van der Waals surface area contributed by atoms with Gasteiger partial charge in [0.2, 0.25) is 5.95 Å². The molecular weight excluding hydrogens is 330 g/mol. The topological polar surface area (TPSA) is 70.6 Å². The van der Waals surface area contributed by atoms with E-state index in [1.54, 1.807) is 4.90 Å². The number of nitrogens with one attached hydrogen (secondary N) is 1. The molecule has 2 heterocycles. The second-order valence-electron chi connectivity index (χ2n) is 7.20. The van der Waals surface area contributed by atoms with E-state index in [0.29, 0.717) is 25.7 Å². The number of amides is 1. The van der Waals surface area contributed by atoms with E-state index >= 15 is 0 Å². The zero-order valence-corrected chi connectivity index (χ0v) is 16.0. The molecule has 1 aliphatic heterocycles. The first-order valence-electron chi connectivity index (χ1n) is 9.94. The van der Waals surface area contributed by atoms with Gasteiger partial charge in [0.1, 0.15) is 5.82 Å². The molecule has 1 aromatic rings. The van der Waals surface area contributed by atoms with E-state index in [1.165, 1.54) is 38.5 Å². The van der Waals surface area contributed by atoms with Crippen molar-refractivity contribution in [2.45, 2.75) is 58.4 Å². The molecule has 0 spiro atoms. The Morgan fingerprint density at radius 2 is 1.85 bits per heavy atom. The molecule has 2 aliphatic rings. The molecule has 0 aromatic carbocycles. The maximum absolute atomic E-state index is 11.8. The molecule has 0 bridgehead atoms. The van der Waals surface area contributed by atoms with Crippen LogP contribution < -0.4 is 10.2 Å². The van der Waals surface area contributed by atoms with E-state index in [2.05, 4.69) is 15.2 Å². The lowest BCUT2D eigenvalue weighted by Gasteiger charge is -2.34. The van der Waals surface area contributed by atoms with Gasteiger partial charge < -0.3 is 19.9 Å². The van der Waals surface area contributed by atoms with Gasteiger partial charge in [0, 0.05) is 44.0 Å². The maximum atomic E-state index is 11.8. The number of nitrogens with zero attached hydrogens (tertiary/aromatic N) is 4. The van der Waals surface area contributed by atoms with Crippen LogP contribution in [0.5, 0.6) is 0 Å². The maximum Gasteiger partial charge on any atom is 0.409 e. The fourth-order valence-electron chi connectivity index (χ4n) is 3.70. The number of aromatic nitrogens is 2. The van der Waals surface area contributed by atoms with Gasteiger partial charge in [-0.15, -0.1) is 0 Å². The minimum Gasteiger partial charge on any atom is -0.450 e. The molecule has 1 saturated heterocycles. The highest BCUT2D eigenvalue weighted by atomic mass is 16.6. The summed E-state index contributed by atoms with van der Waals surface area (Å²) in [6, 6.07) is 2.55. The van der Waals surface area contributed by atoms with Crippen LogP contribution in [0.4, 0.5) is 16.6 Å². The number of hydrogen-bond acceptors (Lipinski definition) is 6. The highest BCUT2D eigenvalue weighted by Crippen LogP contribution is 2.22. The summed E-state index contributed by atoms with van der Waals surface area (Å²) in [7, 11) is 0. The molecule has 1 aromatic heterocycles. The van der Waals surface area contributed by atoms with Crippen LogP contribution in [0.25, 0.3) is 0 Å². The number of piperazine rings is 1. The first-order valence-corrected chi connectivity index (χ1v) is 9.94. The summed E-state index contributed by atoms with van der Waals surface area (Å²) in [4.78, 5) is 25.1. The molecule has 3 rings (SSSR count). The van der Waals surface area contributed by atoms with Gasteiger partial charge >= 0.3 is 6.09 Å². The molecule has 0 unspecified atom stereocenters. The Bertz CT molecular complexity index is 594. The smallest absolute Gasteiger partial charge is 0.409 e. The molecule has 1 saturated carbocycles. The molecular formula is C19H31N5O2. The van der Waals surface area contributed by atoms with Crippen molar-refractivity contribution in [2.75, 3.05) is 43.0 Å². The van der Waals surface area contributed by atoms with Crippen molar-refractivity contribution in [1.82, 2.24) is 14.9 Å². The number of aryl methyl sites for hydroxylation is 1. The largest absolute Gasteiger partial charge is 0.450 e. The first-order chi connectivity index (χ1) is 12.7. The normalized spacial score (nSPS) is 19.2. The van der Waals surface area contributed by atoms with Gasteiger partial charge in [-0.05, 0) is 26.7 Å². The number of carbonyl (C=O) groups is 1. The lowest BCUT2D eigenvalue weighted by molar-refractivity contribution is 0.105. The summed E-state index contributed by atoms with van der Waals surface area (Å²) in [5, 5.41) is 3.62. The van der Waals surface area contributed by atoms with Crippen molar-refractivity contribution >= 4 is 17.9 Å². The fourth-order valence-corrected chi connectivity index (χ4v) is 3.70. The Kier molecular flexibility index (Phi) is 6.52. The zero-order valence-electron chi connectivity index (χ0n) is 16.0. The van der Waals surface area contributed by atoms with E-state index < -0.39 is 0 Å². The summed E-state index contributed by atoms with van der Waals surface area (Å²) in [6.07, 6.45) is 7.49. The summed E-state index contributed by atoms with van der Waals surface area (Å²) in [5.74, 6) is 1.68. The van der Waals surface area contributed by atoms with Crippen LogP contribution in [0.3, 0.4) is 0 Å². The minimum absolute atomic E-state index is 0.229. The number of carbonyl (C=O) groups excluding carboxylic acids is 1. The van der Waals surface area contributed by atoms with E-state index in [9.17, 15) is 4.79 Å². The van der Waals surface area contributed by atoms with Crippen LogP contribution in [0.15, 0.2) is 6.07 Å². The van der Waals surface area contributed by atoms with E-state index in [1.807, 2.05) is 19.9 Å². The lowest BCUT2D eigenvalue weighted by Crippen LogP contribution is -2.49. The minimum atomic E-state index is -0.229. The third-order valence-electron chi connectivity index (χ3n) is 5.14. The van der Waals surface area contributed by atoms with Gasteiger partial charge in [0.25, 0.3) is 0 Å². The Hall–Kier alpha value is -2.05. The zero-order chi connectivity index (χ0) is 18.4. The van der Waals surface area contributed by atoms with E-state index in [0.717, 1.165) is 30.5 Å². The van der Waals surface area contributed by atoms with Crippen molar-refractivity contribution in [3.63, 3.8) is 0 Å². The Morgan fingerprint density at radius 3 is 2.50 bits per heavy atom. The molecule has 1 aliphatic carbocycles. The van der Waals surface area contributed by atoms with Crippen molar-refractivity contribution in [2.24, 2.45) is 0 Å². The second kappa shape index (κ2) is 9.05. The number of rotatable bonds is 4. The molecule has 26 heavy (non-hydrogen) atoms. The molecule has 1 amide bonds. The third kappa shape index (κ3) is 4.99. The van der Waals surface area contributed by atoms with E-state index in [-0.39, 0.29) is 6.09 Å². The number of hydrogen-bond donors (Lipinski definition) is 1. The third-order valence-corrected chi connectivity index (χ3v) is 5.14. The van der Waals surface area contributed by atoms with Crippen molar-refractivity contribution < 1.29 is 9.53 Å². The lowest BCUT2D eigenvalue weighted by atomic mass is 10.1. The molecule has 0 atom stereocenters. The second-order valence-corrected chi connectivity index (χ2v) is 7.20. The van der Waals surface area contributed by atoms with Crippen LogP contribution in [0.2, 0.25) is 0 Å². The summed E-state index contributed by atoms with van der Waals surface area (Å²) in [6.45, 7) is 6.99. The predicted octanol–water partition coefficient (Wildman–Crippen LogP) is 3.20. The summed E-state index contributed by atoms with van der Waals surface area (Å²) >= 11 is 0. The van der Waals surface area contributed by atoms with Gasteiger partial charge in [-0.25, -0.2) is 9.78 Å². The van der Waals surface area contributed by atoms with Gasteiger partial charge in [-0.1, -0.05) is 25.7 Å². The molecule has 144 valence electrons. The van der Waals surface area contributed by atoms with Crippen LogP contribution >= 0.6 is 0 Å². The molecule has 1 N–H and O–H groups in total.